The van der Waals surface area contributed by atoms with Gasteiger partial charge in [-0.05, 0) is 17.2 Å². The van der Waals surface area contributed by atoms with Crippen molar-refractivity contribution in [2.75, 3.05) is 5.73 Å². The van der Waals surface area contributed by atoms with Gasteiger partial charge in [0.05, 0.1) is 0 Å². The van der Waals surface area contributed by atoms with E-state index in [9.17, 15) is 0 Å². The minimum Gasteiger partial charge on any atom is -0.362 e. The zero-order valence-electron chi connectivity index (χ0n) is 7.27. The molecule has 66 valence electrons. The van der Waals surface area contributed by atoms with Crippen molar-refractivity contribution in [1.82, 2.24) is 5.27 Å². The van der Waals surface area contributed by atoms with Crippen molar-refractivity contribution in [2.24, 2.45) is 0 Å². The molecule has 0 atom stereocenters. The fourth-order valence-corrected chi connectivity index (χ4v) is 1.15. The van der Waals surface area contributed by atoms with E-state index in [1.807, 2.05) is 31.2 Å². The zero-order valence-corrected chi connectivity index (χ0v) is 7.27. The number of aryl methyl sites for hydroxylation is 1. The summed E-state index contributed by atoms with van der Waals surface area (Å²) < 4.78 is 6.35. The van der Waals surface area contributed by atoms with Crippen LogP contribution in [0.25, 0.3) is 5.69 Å². The predicted octanol–water partition coefficient (Wildman–Crippen LogP) is 0.842. The monoisotopic (exact) mass is 176 g/mol. The van der Waals surface area contributed by atoms with Gasteiger partial charge in [-0.15, -0.1) is 0 Å². The van der Waals surface area contributed by atoms with Gasteiger partial charge in [-0.25, -0.2) is 0 Å². The summed E-state index contributed by atoms with van der Waals surface area (Å²) in [5, 5.41) is 3.74. The smallest absolute Gasteiger partial charge is 0.293 e. The molecule has 0 fully saturated rings. The van der Waals surface area contributed by atoms with E-state index in [4.69, 9.17) is 10.3 Å². The second kappa shape index (κ2) is 2.90. The topological polar surface area (TPSA) is 55.9 Å². The summed E-state index contributed by atoms with van der Waals surface area (Å²) in [5.74, 6) is 0.307. The molecule has 0 unspecified atom stereocenters. The van der Waals surface area contributed by atoms with E-state index >= 15 is 0 Å². The number of nitrogens with two attached hydrogens (primary N) is 1. The highest BCUT2D eigenvalue weighted by Crippen LogP contribution is 2.03. The molecular weight excluding hydrogens is 166 g/mol. The van der Waals surface area contributed by atoms with E-state index < -0.39 is 0 Å². The van der Waals surface area contributed by atoms with Crippen molar-refractivity contribution in [3.05, 3.63) is 36.0 Å². The predicted molar refractivity (Wildman–Crippen MR) is 47.2 cm³/mol. The van der Waals surface area contributed by atoms with Crippen LogP contribution >= 0.6 is 0 Å². The maximum atomic E-state index is 5.40. The van der Waals surface area contributed by atoms with Crippen LogP contribution < -0.4 is 10.4 Å². The third-order valence-corrected chi connectivity index (χ3v) is 1.75. The minimum atomic E-state index is 0.307. The van der Waals surface area contributed by atoms with Gasteiger partial charge in [0.2, 0.25) is 11.0 Å². The second-order valence-electron chi connectivity index (χ2n) is 2.89. The lowest BCUT2D eigenvalue weighted by molar-refractivity contribution is -0.670. The van der Waals surface area contributed by atoms with Crippen molar-refractivity contribution in [3.63, 3.8) is 0 Å². The molecule has 0 aliphatic rings. The normalized spacial score (nSPS) is 10.2. The standard InChI is InChI=1S/C9H10N3O/c1-7-3-2-4-8(5-7)12-6-9(10)13-11-12/h2-6H,10H2,1H3/q+1. The minimum absolute atomic E-state index is 0.307. The van der Waals surface area contributed by atoms with E-state index in [1.54, 1.807) is 10.9 Å². The van der Waals surface area contributed by atoms with Crippen LogP contribution in [0.15, 0.2) is 35.0 Å². The molecule has 0 amide bonds. The van der Waals surface area contributed by atoms with Gasteiger partial charge < -0.3 is 5.73 Å². The molecule has 0 spiro atoms. The van der Waals surface area contributed by atoms with Gasteiger partial charge >= 0.3 is 0 Å². The van der Waals surface area contributed by atoms with E-state index in [-0.39, 0.29) is 0 Å². The Morgan fingerprint density at radius 2 is 2.31 bits per heavy atom. The summed E-state index contributed by atoms with van der Waals surface area (Å²) in [5.41, 5.74) is 7.52. The summed E-state index contributed by atoms with van der Waals surface area (Å²) in [6.45, 7) is 2.02. The van der Waals surface area contributed by atoms with Crippen LogP contribution in [0.3, 0.4) is 0 Å². The molecule has 1 aromatic carbocycles. The number of nitrogens with zero attached hydrogens (tertiary/aromatic N) is 2. The first-order valence-corrected chi connectivity index (χ1v) is 3.97. The first-order valence-electron chi connectivity index (χ1n) is 3.97. The number of hydrogen-bond acceptors (Lipinski definition) is 3. The highest BCUT2D eigenvalue weighted by Gasteiger charge is 2.11. The molecule has 4 heteroatoms. The summed E-state index contributed by atoms with van der Waals surface area (Å²) in [6, 6.07) is 7.92. The van der Waals surface area contributed by atoms with Crippen molar-refractivity contribution in [1.29, 1.82) is 0 Å². The Hall–Kier alpha value is -1.84. The van der Waals surface area contributed by atoms with Crippen LogP contribution in [0.1, 0.15) is 5.56 Å². The number of benzene rings is 1. The number of rotatable bonds is 1. The van der Waals surface area contributed by atoms with Crippen LogP contribution in [-0.4, -0.2) is 5.27 Å². The number of aromatic nitrogens is 2. The van der Waals surface area contributed by atoms with Crippen molar-refractivity contribution in [2.45, 2.75) is 6.92 Å². The van der Waals surface area contributed by atoms with E-state index in [1.165, 1.54) is 5.56 Å². The first-order chi connectivity index (χ1) is 6.25. The number of anilines is 1. The number of hydrogen-bond donors (Lipinski definition) is 1. The third kappa shape index (κ3) is 1.51. The van der Waals surface area contributed by atoms with Crippen LogP contribution in [-0.2, 0) is 0 Å². The molecule has 0 radical (unpaired) electrons. The van der Waals surface area contributed by atoms with Gasteiger partial charge in [0.15, 0.2) is 0 Å². The van der Waals surface area contributed by atoms with Gasteiger partial charge in [0, 0.05) is 12.1 Å². The number of nitrogen functional groups attached to an aromatic ring is 1. The molecule has 2 N–H and O–H groups in total. The molecule has 0 aliphatic heterocycles. The van der Waals surface area contributed by atoms with Gasteiger partial charge in [-0.3, -0.25) is 4.52 Å². The van der Waals surface area contributed by atoms with E-state index in [2.05, 4.69) is 5.27 Å². The van der Waals surface area contributed by atoms with Crippen LogP contribution in [0.4, 0.5) is 5.88 Å². The summed E-state index contributed by atoms with van der Waals surface area (Å²) >= 11 is 0. The Bertz CT molecular complexity index is 422. The maximum absolute atomic E-state index is 5.40. The van der Waals surface area contributed by atoms with Crippen LogP contribution in [0, 0.1) is 6.92 Å². The summed E-state index contributed by atoms with van der Waals surface area (Å²) in [6.07, 6.45) is 1.63. The van der Waals surface area contributed by atoms with Gasteiger partial charge in [-0.2, -0.15) is 0 Å². The highest BCUT2D eigenvalue weighted by molar-refractivity contribution is 5.27. The highest BCUT2D eigenvalue weighted by atomic mass is 16.5. The lowest BCUT2D eigenvalue weighted by Crippen LogP contribution is -2.31. The Morgan fingerprint density at radius 1 is 1.46 bits per heavy atom. The molecule has 0 saturated heterocycles. The Morgan fingerprint density at radius 3 is 2.92 bits per heavy atom. The molecule has 0 saturated carbocycles. The molecule has 2 aromatic rings. The lowest BCUT2D eigenvalue weighted by atomic mass is 10.2. The van der Waals surface area contributed by atoms with Gasteiger partial charge in [0.25, 0.3) is 12.1 Å². The van der Waals surface area contributed by atoms with Crippen LogP contribution in [0.2, 0.25) is 0 Å². The van der Waals surface area contributed by atoms with Crippen molar-refractivity contribution in [3.8, 4) is 5.69 Å². The summed E-state index contributed by atoms with van der Waals surface area (Å²) in [4.78, 5) is 0. The third-order valence-electron chi connectivity index (χ3n) is 1.75. The van der Waals surface area contributed by atoms with E-state index in [0.717, 1.165) is 5.69 Å². The molecular formula is C9H10N3O+. The molecule has 4 nitrogen and oxygen atoms in total. The van der Waals surface area contributed by atoms with Gasteiger partial charge in [-0.1, -0.05) is 12.1 Å². The Labute approximate surface area is 75.6 Å². The van der Waals surface area contributed by atoms with Crippen LogP contribution in [0.5, 0.6) is 0 Å². The fraction of sp³-hybridized carbons (Fsp3) is 0.111. The lowest BCUT2D eigenvalue weighted by Gasteiger charge is -1.89. The second-order valence-corrected chi connectivity index (χ2v) is 2.89. The Balaban J connectivity index is 2.46. The largest absolute Gasteiger partial charge is 0.362 e. The molecule has 13 heavy (non-hydrogen) atoms. The first kappa shape index (κ1) is 7.79. The molecule has 0 bridgehead atoms. The van der Waals surface area contributed by atoms with Crippen molar-refractivity contribution < 1.29 is 9.20 Å². The Kier molecular flexibility index (Phi) is 1.73. The SMILES string of the molecule is Cc1cccc(-[n+]2cc(N)on2)c1. The van der Waals surface area contributed by atoms with Crippen molar-refractivity contribution >= 4 is 5.88 Å². The molecule has 2 rings (SSSR count). The fourth-order valence-electron chi connectivity index (χ4n) is 1.15. The quantitative estimate of drug-likeness (QED) is 0.655. The zero-order chi connectivity index (χ0) is 9.26. The van der Waals surface area contributed by atoms with E-state index in [0.29, 0.717) is 5.88 Å². The average Bonchev–Trinajstić information content (AvgIpc) is 2.52. The molecule has 1 aromatic heterocycles. The average molecular weight is 176 g/mol. The molecule has 0 aliphatic carbocycles. The summed E-state index contributed by atoms with van der Waals surface area (Å²) in [7, 11) is 0. The maximum Gasteiger partial charge on any atom is 0.293 e. The molecule has 1 heterocycles. The van der Waals surface area contributed by atoms with Gasteiger partial charge in [0.1, 0.15) is 0 Å².